The van der Waals surface area contributed by atoms with E-state index in [1.54, 1.807) is 36.4 Å². The molecule has 5 rings (SSSR count). The summed E-state index contributed by atoms with van der Waals surface area (Å²) < 4.78 is 32.8. The lowest BCUT2D eigenvalue weighted by Crippen LogP contribution is -2.14. The third-order valence-corrected chi connectivity index (χ3v) is 8.29. The Labute approximate surface area is 214 Å². The molecule has 0 bridgehead atoms. The molecule has 4 aromatic rings. The third-order valence-electron chi connectivity index (χ3n) is 6.14. The van der Waals surface area contributed by atoms with Crippen molar-refractivity contribution < 1.29 is 17.9 Å². The standard InChI is InChI=1S/C27H25N3O4S2/c1-34-23-12-14-24(15-13-23)36(32,33)30-22-10-8-19(9-11-22)26(31)29-27-28-25(17-35-27)21-7-6-18-4-2-3-5-20(18)16-21/h6-17,30H,2-5H2,1H3,(H,28,29,31). The van der Waals surface area contributed by atoms with Crippen LogP contribution in [0.3, 0.4) is 0 Å². The minimum atomic E-state index is -3.76. The first-order chi connectivity index (χ1) is 17.4. The zero-order valence-corrected chi connectivity index (χ0v) is 21.3. The van der Waals surface area contributed by atoms with Crippen LogP contribution in [0, 0.1) is 0 Å². The van der Waals surface area contributed by atoms with Crippen LogP contribution in [0.1, 0.15) is 34.3 Å². The van der Waals surface area contributed by atoms with Gasteiger partial charge in [-0.3, -0.25) is 14.8 Å². The lowest BCUT2D eigenvalue weighted by molar-refractivity contribution is 0.102. The molecule has 36 heavy (non-hydrogen) atoms. The molecule has 3 aromatic carbocycles. The number of methoxy groups -OCH3 is 1. The lowest BCUT2D eigenvalue weighted by atomic mass is 9.90. The molecule has 0 saturated heterocycles. The molecule has 0 unspecified atom stereocenters. The predicted octanol–water partition coefficient (Wildman–Crippen LogP) is 5.75. The van der Waals surface area contributed by atoms with Crippen molar-refractivity contribution in [2.45, 2.75) is 30.6 Å². The van der Waals surface area contributed by atoms with Gasteiger partial charge >= 0.3 is 0 Å². The molecule has 1 aliphatic rings. The van der Waals surface area contributed by atoms with Crippen molar-refractivity contribution in [2.24, 2.45) is 0 Å². The van der Waals surface area contributed by atoms with Crippen LogP contribution in [0.4, 0.5) is 10.8 Å². The summed E-state index contributed by atoms with van der Waals surface area (Å²) >= 11 is 1.37. The van der Waals surface area contributed by atoms with E-state index in [1.165, 1.54) is 54.5 Å². The molecule has 2 N–H and O–H groups in total. The monoisotopic (exact) mass is 519 g/mol. The summed E-state index contributed by atoms with van der Waals surface area (Å²) in [7, 11) is -2.25. The number of nitrogens with zero attached hydrogens (tertiary/aromatic N) is 1. The number of nitrogens with one attached hydrogen (secondary N) is 2. The molecule has 184 valence electrons. The minimum Gasteiger partial charge on any atom is -0.497 e. The predicted molar refractivity (Wildman–Crippen MR) is 142 cm³/mol. The van der Waals surface area contributed by atoms with Crippen molar-refractivity contribution in [3.8, 4) is 17.0 Å². The van der Waals surface area contributed by atoms with Gasteiger partial charge in [0.2, 0.25) is 0 Å². The Hall–Kier alpha value is -3.69. The Bertz CT molecular complexity index is 1500. The third kappa shape index (κ3) is 5.27. The average molecular weight is 520 g/mol. The van der Waals surface area contributed by atoms with Gasteiger partial charge in [-0.15, -0.1) is 11.3 Å². The summed E-state index contributed by atoms with van der Waals surface area (Å²) in [5.41, 5.74) is 5.45. The van der Waals surface area contributed by atoms with E-state index >= 15 is 0 Å². The highest BCUT2D eigenvalue weighted by Crippen LogP contribution is 2.30. The van der Waals surface area contributed by atoms with Crippen LogP contribution in [-0.4, -0.2) is 26.4 Å². The molecule has 0 spiro atoms. The van der Waals surface area contributed by atoms with Gasteiger partial charge < -0.3 is 4.74 Å². The van der Waals surface area contributed by atoms with Gasteiger partial charge in [0.05, 0.1) is 17.7 Å². The summed E-state index contributed by atoms with van der Waals surface area (Å²) in [4.78, 5) is 17.4. The number of aromatic nitrogens is 1. The number of rotatable bonds is 7. The van der Waals surface area contributed by atoms with Gasteiger partial charge in [0.15, 0.2) is 5.13 Å². The molecule has 0 fully saturated rings. The fourth-order valence-electron chi connectivity index (χ4n) is 4.18. The van der Waals surface area contributed by atoms with E-state index in [9.17, 15) is 13.2 Å². The number of carbonyl (C=O) groups is 1. The fourth-order valence-corrected chi connectivity index (χ4v) is 5.96. The highest BCUT2D eigenvalue weighted by molar-refractivity contribution is 7.92. The Morgan fingerprint density at radius 1 is 0.944 bits per heavy atom. The first-order valence-electron chi connectivity index (χ1n) is 11.6. The van der Waals surface area contributed by atoms with E-state index < -0.39 is 10.0 Å². The topological polar surface area (TPSA) is 97.4 Å². The molecule has 1 aliphatic carbocycles. The number of fused-ring (bicyclic) bond motifs is 1. The molecule has 9 heteroatoms. The molecule has 0 atom stereocenters. The molecule has 0 radical (unpaired) electrons. The molecular weight excluding hydrogens is 494 g/mol. The first kappa shape index (κ1) is 24.0. The van der Waals surface area contributed by atoms with Crippen molar-refractivity contribution in [1.29, 1.82) is 0 Å². The van der Waals surface area contributed by atoms with E-state index in [0.717, 1.165) is 24.1 Å². The number of amides is 1. The number of benzene rings is 3. The average Bonchev–Trinajstić information content (AvgIpc) is 3.37. The largest absolute Gasteiger partial charge is 0.497 e. The normalized spacial score (nSPS) is 13.0. The molecule has 7 nitrogen and oxygen atoms in total. The van der Waals surface area contributed by atoms with E-state index in [2.05, 4.69) is 33.2 Å². The lowest BCUT2D eigenvalue weighted by Gasteiger charge is -2.16. The van der Waals surface area contributed by atoms with Crippen molar-refractivity contribution in [3.63, 3.8) is 0 Å². The molecule has 1 amide bonds. The number of hydrogen-bond acceptors (Lipinski definition) is 6. The first-order valence-corrected chi connectivity index (χ1v) is 13.9. The van der Waals surface area contributed by atoms with Gasteiger partial charge in [-0.1, -0.05) is 12.1 Å². The van der Waals surface area contributed by atoms with Crippen molar-refractivity contribution in [3.05, 3.63) is 88.8 Å². The van der Waals surface area contributed by atoms with Crippen LogP contribution in [0.15, 0.2) is 77.0 Å². The van der Waals surface area contributed by atoms with Crippen LogP contribution in [0.25, 0.3) is 11.3 Å². The Morgan fingerprint density at radius 2 is 1.67 bits per heavy atom. The van der Waals surface area contributed by atoms with Gasteiger partial charge in [0, 0.05) is 22.2 Å². The smallest absolute Gasteiger partial charge is 0.261 e. The minimum absolute atomic E-state index is 0.114. The second-order valence-corrected chi connectivity index (χ2v) is 11.1. The quantitative estimate of drug-likeness (QED) is 0.324. The number of anilines is 2. The summed E-state index contributed by atoms with van der Waals surface area (Å²) in [6.45, 7) is 0. The molecule has 1 heterocycles. The van der Waals surface area contributed by atoms with Crippen LogP contribution in [0.2, 0.25) is 0 Å². The van der Waals surface area contributed by atoms with E-state index in [1.807, 2.05) is 5.38 Å². The van der Waals surface area contributed by atoms with Gasteiger partial charge in [-0.05, 0) is 91.4 Å². The Balaban J connectivity index is 1.24. The number of carbonyl (C=O) groups excluding carboxylic acids is 1. The SMILES string of the molecule is COc1ccc(S(=O)(=O)Nc2ccc(C(=O)Nc3nc(-c4ccc5c(c4)CCCC5)cs3)cc2)cc1. The van der Waals surface area contributed by atoms with Gasteiger partial charge in [0.1, 0.15) is 5.75 Å². The summed E-state index contributed by atoms with van der Waals surface area (Å²) in [6, 6.07) is 18.8. The number of thiazole rings is 1. The second-order valence-electron chi connectivity index (χ2n) is 8.54. The molecule has 1 aromatic heterocycles. The summed E-state index contributed by atoms with van der Waals surface area (Å²) in [6.07, 6.45) is 4.70. The zero-order valence-electron chi connectivity index (χ0n) is 19.7. The van der Waals surface area contributed by atoms with E-state index in [0.29, 0.717) is 22.1 Å². The Kier molecular flexibility index (Phi) is 6.75. The fraction of sp³-hybridized carbons (Fsp3) is 0.185. The second kappa shape index (κ2) is 10.1. The van der Waals surface area contributed by atoms with Gasteiger partial charge in [-0.2, -0.15) is 0 Å². The van der Waals surface area contributed by atoms with Crippen LogP contribution < -0.4 is 14.8 Å². The summed E-state index contributed by atoms with van der Waals surface area (Å²) in [5, 5.41) is 5.29. The van der Waals surface area contributed by atoms with Crippen molar-refractivity contribution in [2.75, 3.05) is 17.1 Å². The van der Waals surface area contributed by atoms with Gasteiger partial charge in [0.25, 0.3) is 15.9 Å². The van der Waals surface area contributed by atoms with Crippen LogP contribution in [0.5, 0.6) is 5.75 Å². The maximum atomic E-state index is 12.7. The van der Waals surface area contributed by atoms with E-state index in [4.69, 9.17) is 4.74 Å². The van der Waals surface area contributed by atoms with E-state index in [-0.39, 0.29) is 10.8 Å². The number of ether oxygens (including phenoxy) is 1. The number of aryl methyl sites for hydroxylation is 2. The highest BCUT2D eigenvalue weighted by Gasteiger charge is 2.16. The maximum Gasteiger partial charge on any atom is 0.261 e. The Morgan fingerprint density at radius 3 is 2.39 bits per heavy atom. The molecular formula is C27H25N3O4S2. The van der Waals surface area contributed by atoms with Crippen molar-refractivity contribution >= 4 is 38.1 Å². The molecule has 0 saturated carbocycles. The number of sulfonamides is 1. The van der Waals surface area contributed by atoms with Crippen molar-refractivity contribution in [1.82, 2.24) is 4.98 Å². The number of hydrogen-bond donors (Lipinski definition) is 2. The van der Waals surface area contributed by atoms with Crippen LogP contribution >= 0.6 is 11.3 Å². The van der Waals surface area contributed by atoms with Crippen LogP contribution in [-0.2, 0) is 22.9 Å². The zero-order chi connectivity index (χ0) is 25.1. The highest BCUT2D eigenvalue weighted by atomic mass is 32.2. The summed E-state index contributed by atoms with van der Waals surface area (Å²) in [5.74, 6) is 0.255. The van der Waals surface area contributed by atoms with Gasteiger partial charge in [-0.25, -0.2) is 13.4 Å². The molecule has 0 aliphatic heterocycles. The maximum absolute atomic E-state index is 12.7.